The molecule has 2 fully saturated rings. The number of benzene rings is 1. The number of nitrogens with zero attached hydrogens (tertiary/aromatic N) is 1. The molecule has 0 saturated heterocycles. The number of alkyl halides is 2. The van der Waals surface area contributed by atoms with E-state index in [9.17, 15) is 18.4 Å². The molecule has 2 saturated carbocycles. The Kier molecular flexibility index (Phi) is 9.01. The molecule has 0 aliphatic heterocycles. The third-order valence-corrected chi connectivity index (χ3v) is 6.59. The number of carboxylic acids is 1. The number of rotatable bonds is 7. The van der Waals surface area contributed by atoms with Crippen LogP contribution in [0.4, 0.5) is 8.78 Å². The van der Waals surface area contributed by atoms with Crippen LogP contribution >= 0.6 is 9.24 Å². The third-order valence-electron chi connectivity index (χ3n) is 6.01. The Bertz CT molecular complexity index is 671. The predicted octanol–water partition coefficient (Wildman–Crippen LogP) is 5.18. The van der Waals surface area contributed by atoms with Gasteiger partial charge >= 0.3 is 5.97 Å². The summed E-state index contributed by atoms with van der Waals surface area (Å²) in [5.74, 6) is -1.67. The van der Waals surface area contributed by atoms with Crippen LogP contribution in [0.5, 0.6) is 0 Å². The summed E-state index contributed by atoms with van der Waals surface area (Å²) in [6.45, 7) is 1.83. The smallest absolute Gasteiger partial charge is 0.303 e. The largest absolute Gasteiger partial charge is 0.481 e. The first-order chi connectivity index (χ1) is 13.9. The summed E-state index contributed by atoms with van der Waals surface area (Å²) >= 11 is 0. The molecule has 0 spiro atoms. The number of carbonyl (C=O) groups is 2. The molecule has 0 aromatic heterocycles. The quantitative estimate of drug-likeness (QED) is 0.610. The first-order valence-electron chi connectivity index (χ1n) is 10.3. The van der Waals surface area contributed by atoms with Gasteiger partial charge in [0.05, 0.1) is 7.18 Å². The average molecular weight is 427 g/mol. The Morgan fingerprint density at radius 1 is 1.07 bits per heavy atom. The molecule has 4 nitrogen and oxygen atoms in total. The third kappa shape index (κ3) is 6.47. The minimum absolute atomic E-state index is 0.0565. The van der Waals surface area contributed by atoms with Crippen LogP contribution in [0, 0.1) is 5.92 Å². The van der Waals surface area contributed by atoms with Gasteiger partial charge in [0.25, 0.3) is 5.91 Å². The van der Waals surface area contributed by atoms with E-state index < -0.39 is 11.9 Å². The van der Waals surface area contributed by atoms with Gasteiger partial charge in [-0.1, -0.05) is 19.1 Å². The van der Waals surface area contributed by atoms with Crippen LogP contribution in [-0.4, -0.2) is 47.1 Å². The maximum absolute atomic E-state index is 13.5. The van der Waals surface area contributed by atoms with Crippen molar-refractivity contribution in [2.75, 3.05) is 7.18 Å². The summed E-state index contributed by atoms with van der Waals surface area (Å²) in [5, 5.41) is 8.98. The Balaban J connectivity index is 0.00000145. The van der Waals surface area contributed by atoms with Gasteiger partial charge in [-0.3, -0.25) is 14.0 Å². The van der Waals surface area contributed by atoms with Crippen LogP contribution in [0.15, 0.2) is 24.3 Å². The second-order valence-electron chi connectivity index (χ2n) is 8.07. The molecule has 29 heavy (non-hydrogen) atoms. The van der Waals surface area contributed by atoms with Crippen molar-refractivity contribution in [2.45, 2.75) is 75.8 Å². The molecule has 0 bridgehead atoms. The number of carboxylic acid groups (broad SMARTS) is 1. The summed E-state index contributed by atoms with van der Waals surface area (Å²) in [7, 11) is 2.68. The maximum atomic E-state index is 13.5. The lowest BCUT2D eigenvalue weighted by molar-refractivity contribution is -0.138. The molecule has 0 radical (unpaired) electrons. The van der Waals surface area contributed by atoms with Crippen LogP contribution in [0.1, 0.15) is 73.7 Å². The van der Waals surface area contributed by atoms with Crippen LogP contribution in [0.2, 0.25) is 0 Å². The van der Waals surface area contributed by atoms with E-state index in [0.29, 0.717) is 18.8 Å². The van der Waals surface area contributed by atoms with Gasteiger partial charge < -0.3 is 10.0 Å². The van der Waals surface area contributed by atoms with Crippen molar-refractivity contribution < 1.29 is 23.5 Å². The SMILES string of the molecule is CC(c1ccc(C(=O)N(C2CCC(CC(=O)O)CC2)C2CC2)cc1)C(F)P.CF. The molecule has 7 heteroatoms. The van der Waals surface area contributed by atoms with Gasteiger partial charge in [-0.25, -0.2) is 4.39 Å². The second kappa shape index (κ2) is 11.0. The Morgan fingerprint density at radius 2 is 1.55 bits per heavy atom. The number of carbonyl (C=O) groups excluding carboxylic acids is 1. The molecular formula is C22H32F2NO3P. The number of hydrogen-bond acceptors (Lipinski definition) is 2. The highest BCUT2D eigenvalue weighted by atomic mass is 31.0. The highest BCUT2D eigenvalue weighted by Gasteiger charge is 2.39. The highest BCUT2D eigenvalue weighted by Crippen LogP contribution is 2.37. The lowest BCUT2D eigenvalue weighted by Crippen LogP contribution is -2.44. The van der Waals surface area contributed by atoms with E-state index in [2.05, 4.69) is 9.24 Å². The molecule has 0 heterocycles. The first kappa shape index (κ1) is 23.7. The van der Waals surface area contributed by atoms with E-state index in [1.807, 2.05) is 36.1 Å². The fourth-order valence-corrected chi connectivity index (χ4v) is 4.34. The van der Waals surface area contributed by atoms with E-state index >= 15 is 0 Å². The Hall–Kier alpha value is -1.55. The van der Waals surface area contributed by atoms with Gasteiger partial charge in [-0.2, -0.15) is 0 Å². The van der Waals surface area contributed by atoms with E-state index in [0.717, 1.165) is 44.1 Å². The molecule has 1 amide bonds. The van der Waals surface area contributed by atoms with Crippen LogP contribution < -0.4 is 0 Å². The number of aliphatic carboxylic acids is 1. The molecule has 2 aliphatic rings. The zero-order valence-electron chi connectivity index (χ0n) is 17.2. The van der Waals surface area contributed by atoms with Crippen molar-refractivity contribution in [3.05, 3.63) is 35.4 Å². The normalized spacial score (nSPS) is 23.3. The van der Waals surface area contributed by atoms with E-state index in [-0.39, 0.29) is 30.2 Å². The molecule has 1 aromatic rings. The molecule has 162 valence electrons. The van der Waals surface area contributed by atoms with Crippen molar-refractivity contribution in [2.24, 2.45) is 5.92 Å². The summed E-state index contributed by atoms with van der Waals surface area (Å²) in [6, 6.07) is 7.85. The van der Waals surface area contributed by atoms with Crippen LogP contribution in [0.25, 0.3) is 0 Å². The van der Waals surface area contributed by atoms with Crippen molar-refractivity contribution in [1.29, 1.82) is 0 Å². The van der Waals surface area contributed by atoms with E-state index in [1.54, 1.807) is 0 Å². The van der Waals surface area contributed by atoms with Gasteiger partial charge in [0.15, 0.2) is 0 Å². The van der Waals surface area contributed by atoms with Crippen molar-refractivity contribution in [1.82, 2.24) is 4.90 Å². The van der Waals surface area contributed by atoms with Gasteiger partial charge in [0.1, 0.15) is 5.91 Å². The van der Waals surface area contributed by atoms with Gasteiger partial charge in [-0.15, -0.1) is 9.24 Å². The number of amides is 1. The maximum Gasteiger partial charge on any atom is 0.303 e. The Morgan fingerprint density at radius 3 is 1.97 bits per heavy atom. The first-order valence-corrected chi connectivity index (χ1v) is 11.0. The molecular weight excluding hydrogens is 395 g/mol. The van der Waals surface area contributed by atoms with Crippen molar-refractivity contribution in [3.8, 4) is 0 Å². The molecule has 1 N–H and O–H groups in total. The zero-order chi connectivity index (χ0) is 21.6. The fourth-order valence-electron chi connectivity index (χ4n) is 4.12. The van der Waals surface area contributed by atoms with Crippen molar-refractivity contribution >= 4 is 21.1 Å². The second-order valence-corrected chi connectivity index (χ2v) is 8.71. The summed E-state index contributed by atoms with van der Waals surface area (Å²) in [4.78, 5) is 26.1. The minimum Gasteiger partial charge on any atom is -0.481 e. The molecule has 1 aromatic carbocycles. The summed E-state index contributed by atoms with van der Waals surface area (Å²) in [6.07, 6.45) is 5.83. The highest BCUT2D eigenvalue weighted by molar-refractivity contribution is 7.17. The summed E-state index contributed by atoms with van der Waals surface area (Å²) in [5.41, 5.74) is 1.55. The summed E-state index contributed by atoms with van der Waals surface area (Å²) < 4.78 is 23.0. The fraction of sp³-hybridized carbons (Fsp3) is 0.636. The van der Waals surface area contributed by atoms with Crippen LogP contribution in [0.3, 0.4) is 0 Å². The Labute approximate surface area is 174 Å². The van der Waals surface area contributed by atoms with Crippen molar-refractivity contribution in [3.63, 3.8) is 0 Å². The molecule has 2 aliphatic carbocycles. The lowest BCUT2D eigenvalue weighted by atomic mass is 9.83. The standard InChI is InChI=1S/C21H29FNO3P.CH3F/c1-13(20(22)27)15-4-6-16(7-5-15)21(26)23(18-10-11-18)17-8-2-14(3-9-17)12-19(24)25;1-2/h4-7,13-14,17-18,20H,2-3,8-12,27H2,1H3,(H,24,25);1H3. The number of hydrogen-bond donors (Lipinski definition) is 1. The minimum atomic E-state index is -1.00. The average Bonchev–Trinajstić information content (AvgIpc) is 3.55. The van der Waals surface area contributed by atoms with Gasteiger partial charge in [-0.05, 0) is 62.1 Å². The van der Waals surface area contributed by atoms with Gasteiger partial charge in [0, 0.05) is 30.0 Å². The molecule has 3 unspecified atom stereocenters. The predicted molar refractivity (Wildman–Crippen MR) is 114 cm³/mol. The number of halogens is 2. The zero-order valence-corrected chi connectivity index (χ0v) is 18.3. The van der Waals surface area contributed by atoms with Crippen LogP contribution in [-0.2, 0) is 4.79 Å². The van der Waals surface area contributed by atoms with Gasteiger partial charge in [0.2, 0.25) is 0 Å². The van der Waals surface area contributed by atoms with E-state index in [4.69, 9.17) is 5.11 Å². The lowest BCUT2D eigenvalue weighted by Gasteiger charge is -2.37. The topological polar surface area (TPSA) is 57.6 Å². The van der Waals surface area contributed by atoms with E-state index in [1.165, 1.54) is 0 Å². The molecule has 3 rings (SSSR count). The molecule has 3 atom stereocenters. The monoisotopic (exact) mass is 427 g/mol.